The van der Waals surface area contributed by atoms with E-state index in [0.29, 0.717) is 22.9 Å². The van der Waals surface area contributed by atoms with Gasteiger partial charge in [-0.3, -0.25) is 14.9 Å². The van der Waals surface area contributed by atoms with Crippen LogP contribution < -0.4 is 15.0 Å². The number of halogens is 1. The van der Waals surface area contributed by atoms with Crippen LogP contribution in [0.25, 0.3) is 16.8 Å². The Balaban J connectivity index is 1.32. The third-order valence-corrected chi connectivity index (χ3v) is 6.33. The zero-order valence-corrected chi connectivity index (χ0v) is 20.1. The number of carbonyl (C=O) groups excluding carboxylic acids is 3. The first-order valence-electron chi connectivity index (χ1n) is 11.3. The molecule has 4 aromatic rings. The molecule has 0 saturated carbocycles. The predicted octanol–water partition coefficient (Wildman–Crippen LogP) is 6.05. The van der Waals surface area contributed by atoms with Gasteiger partial charge in [-0.25, -0.2) is 9.69 Å². The lowest BCUT2D eigenvalue weighted by molar-refractivity contribution is -0.122. The van der Waals surface area contributed by atoms with E-state index >= 15 is 0 Å². The maximum Gasteiger partial charge on any atom is 0.335 e. The highest BCUT2D eigenvalue weighted by atomic mass is 35.5. The fourth-order valence-corrected chi connectivity index (χ4v) is 4.11. The van der Waals surface area contributed by atoms with E-state index in [1.807, 2.05) is 25.1 Å². The molecule has 7 heteroatoms. The first-order chi connectivity index (χ1) is 17.4. The number of urea groups is 1. The van der Waals surface area contributed by atoms with Gasteiger partial charge in [0.15, 0.2) is 0 Å². The first kappa shape index (κ1) is 23.3. The standard InChI is InChI=1S/C29H21ClN2O4/c1-18-6-11-23(16-26(18)30)32-28(34)25(27(33)31-29(32)35)15-19-8-12-24(13-9-19)36-17-20-7-10-21-4-2-3-5-22(21)14-20/h2-16H,17H2,1H3,(H,31,33,35)/b25-15-. The number of aryl methyl sites for hydroxylation is 1. The Labute approximate surface area is 212 Å². The minimum atomic E-state index is -0.820. The van der Waals surface area contributed by atoms with Gasteiger partial charge in [0.05, 0.1) is 5.69 Å². The monoisotopic (exact) mass is 496 g/mol. The Morgan fingerprint density at radius 1 is 0.889 bits per heavy atom. The van der Waals surface area contributed by atoms with Crippen molar-refractivity contribution in [1.82, 2.24) is 5.32 Å². The van der Waals surface area contributed by atoms with Crippen molar-refractivity contribution < 1.29 is 19.1 Å². The largest absolute Gasteiger partial charge is 0.489 e. The van der Waals surface area contributed by atoms with Gasteiger partial charge in [-0.1, -0.05) is 66.2 Å². The Morgan fingerprint density at radius 3 is 2.39 bits per heavy atom. The quantitative estimate of drug-likeness (QED) is 0.270. The summed E-state index contributed by atoms with van der Waals surface area (Å²) in [6.07, 6.45) is 1.44. The maximum atomic E-state index is 13.1. The molecule has 4 aromatic carbocycles. The number of nitrogens with zero attached hydrogens (tertiary/aromatic N) is 1. The molecular weight excluding hydrogens is 476 g/mol. The minimum absolute atomic E-state index is 0.156. The van der Waals surface area contributed by atoms with E-state index in [4.69, 9.17) is 16.3 Å². The van der Waals surface area contributed by atoms with Crippen molar-refractivity contribution in [3.05, 3.63) is 112 Å². The first-order valence-corrected chi connectivity index (χ1v) is 11.6. The molecule has 0 unspecified atom stereocenters. The van der Waals surface area contributed by atoms with E-state index in [1.54, 1.807) is 36.4 Å². The summed E-state index contributed by atoms with van der Waals surface area (Å²) >= 11 is 6.17. The molecule has 5 rings (SSSR count). The molecule has 1 fully saturated rings. The van der Waals surface area contributed by atoms with E-state index in [1.165, 1.54) is 17.5 Å². The van der Waals surface area contributed by atoms with E-state index in [2.05, 4.69) is 29.6 Å². The lowest BCUT2D eigenvalue weighted by Crippen LogP contribution is -2.54. The second kappa shape index (κ2) is 9.68. The Bertz CT molecular complexity index is 1540. The van der Waals surface area contributed by atoms with Gasteiger partial charge < -0.3 is 4.74 Å². The molecule has 1 saturated heterocycles. The summed E-state index contributed by atoms with van der Waals surface area (Å²) in [5.41, 5.74) is 2.59. The molecule has 36 heavy (non-hydrogen) atoms. The van der Waals surface area contributed by atoms with Crippen LogP contribution in [0, 0.1) is 6.92 Å². The summed E-state index contributed by atoms with van der Waals surface area (Å²) in [7, 11) is 0. The van der Waals surface area contributed by atoms with E-state index in [0.717, 1.165) is 21.4 Å². The van der Waals surface area contributed by atoms with Crippen molar-refractivity contribution in [2.24, 2.45) is 0 Å². The Hall–Kier alpha value is -4.42. The zero-order valence-electron chi connectivity index (χ0n) is 19.3. The lowest BCUT2D eigenvalue weighted by atomic mass is 10.1. The summed E-state index contributed by atoms with van der Waals surface area (Å²) in [5.74, 6) is -0.827. The van der Waals surface area contributed by atoms with E-state index in [9.17, 15) is 14.4 Å². The van der Waals surface area contributed by atoms with Crippen LogP contribution in [0.1, 0.15) is 16.7 Å². The highest BCUT2D eigenvalue weighted by molar-refractivity contribution is 6.39. The van der Waals surface area contributed by atoms with Crippen LogP contribution in [0.5, 0.6) is 5.75 Å². The van der Waals surface area contributed by atoms with Crippen LogP contribution in [-0.4, -0.2) is 17.8 Å². The molecule has 0 spiro atoms. The van der Waals surface area contributed by atoms with Gasteiger partial charge in [-0.15, -0.1) is 0 Å². The number of ether oxygens (including phenoxy) is 1. The SMILES string of the molecule is Cc1ccc(N2C(=O)NC(=O)/C(=C/c3ccc(OCc4ccc5ccccc5c4)cc3)C2=O)cc1Cl. The molecule has 1 heterocycles. The minimum Gasteiger partial charge on any atom is -0.489 e. The van der Waals surface area contributed by atoms with Gasteiger partial charge in [0.25, 0.3) is 11.8 Å². The predicted molar refractivity (Wildman–Crippen MR) is 140 cm³/mol. The molecule has 1 N–H and O–H groups in total. The van der Waals surface area contributed by atoms with Crippen molar-refractivity contribution in [3.63, 3.8) is 0 Å². The van der Waals surface area contributed by atoms with Gasteiger partial charge in [0.1, 0.15) is 17.9 Å². The molecule has 0 aromatic heterocycles. The molecule has 1 aliphatic heterocycles. The molecule has 4 amide bonds. The zero-order chi connectivity index (χ0) is 25.2. The maximum absolute atomic E-state index is 13.1. The van der Waals surface area contributed by atoms with Crippen molar-refractivity contribution in [2.45, 2.75) is 13.5 Å². The third-order valence-electron chi connectivity index (χ3n) is 5.93. The fourth-order valence-electron chi connectivity index (χ4n) is 3.93. The summed E-state index contributed by atoms with van der Waals surface area (Å²) in [5, 5.41) is 4.95. The lowest BCUT2D eigenvalue weighted by Gasteiger charge is -2.26. The number of anilines is 1. The molecule has 0 radical (unpaired) electrons. The van der Waals surface area contributed by atoms with Gasteiger partial charge in [0, 0.05) is 5.02 Å². The van der Waals surface area contributed by atoms with Gasteiger partial charge >= 0.3 is 6.03 Å². The molecule has 1 aliphatic rings. The van der Waals surface area contributed by atoms with Crippen LogP contribution in [0.3, 0.4) is 0 Å². The van der Waals surface area contributed by atoms with Crippen LogP contribution in [-0.2, 0) is 16.2 Å². The molecular formula is C29H21ClN2O4. The number of amides is 4. The highest BCUT2D eigenvalue weighted by Crippen LogP contribution is 2.27. The number of imide groups is 2. The average molecular weight is 497 g/mol. The summed E-state index contributed by atoms with van der Waals surface area (Å²) in [6, 6.07) is 25.3. The molecule has 178 valence electrons. The van der Waals surface area contributed by atoms with Crippen LogP contribution in [0.15, 0.2) is 90.5 Å². The number of benzene rings is 4. The number of rotatable bonds is 5. The van der Waals surface area contributed by atoms with Crippen LogP contribution in [0.2, 0.25) is 5.02 Å². The van der Waals surface area contributed by atoms with Gasteiger partial charge in [0.2, 0.25) is 0 Å². The summed E-state index contributed by atoms with van der Waals surface area (Å²) < 4.78 is 5.91. The number of fused-ring (bicyclic) bond motifs is 1. The molecule has 0 aliphatic carbocycles. The van der Waals surface area contributed by atoms with E-state index < -0.39 is 17.8 Å². The molecule has 6 nitrogen and oxygen atoms in total. The summed E-state index contributed by atoms with van der Waals surface area (Å²) in [4.78, 5) is 38.8. The average Bonchev–Trinajstić information content (AvgIpc) is 2.88. The second-order valence-corrected chi connectivity index (χ2v) is 8.84. The number of hydrogen-bond acceptors (Lipinski definition) is 4. The number of nitrogens with one attached hydrogen (secondary N) is 1. The number of hydrogen-bond donors (Lipinski definition) is 1. The van der Waals surface area contributed by atoms with Crippen molar-refractivity contribution in [3.8, 4) is 5.75 Å². The van der Waals surface area contributed by atoms with Gasteiger partial charge in [-0.05, 0) is 70.8 Å². The second-order valence-electron chi connectivity index (χ2n) is 8.43. The normalized spacial score (nSPS) is 14.9. The summed E-state index contributed by atoms with van der Waals surface area (Å²) in [6.45, 7) is 2.22. The third kappa shape index (κ3) is 4.72. The fraction of sp³-hybridized carbons (Fsp3) is 0.0690. The number of carbonyl (C=O) groups is 3. The van der Waals surface area contributed by atoms with E-state index in [-0.39, 0.29) is 11.3 Å². The van der Waals surface area contributed by atoms with Crippen molar-refractivity contribution in [2.75, 3.05) is 4.90 Å². The Kier molecular flexibility index (Phi) is 6.27. The number of barbiturate groups is 1. The Morgan fingerprint density at radius 2 is 1.64 bits per heavy atom. The van der Waals surface area contributed by atoms with Crippen LogP contribution in [0.4, 0.5) is 10.5 Å². The van der Waals surface area contributed by atoms with Crippen molar-refractivity contribution in [1.29, 1.82) is 0 Å². The smallest absolute Gasteiger partial charge is 0.335 e. The molecule has 0 bridgehead atoms. The van der Waals surface area contributed by atoms with Crippen LogP contribution >= 0.6 is 11.6 Å². The van der Waals surface area contributed by atoms with Crippen molar-refractivity contribution >= 4 is 52.0 Å². The topological polar surface area (TPSA) is 75.7 Å². The molecule has 0 atom stereocenters. The highest BCUT2D eigenvalue weighted by Gasteiger charge is 2.36. The van der Waals surface area contributed by atoms with Gasteiger partial charge in [-0.2, -0.15) is 0 Å².